The molecule has 0 saturated carbocycles. The van der Waals surface area contributed by atoms with Gasteiger partial charge in [-0.2, -0.15) is 0 Å². The Balaban J connectivity index is 2.15. The lowest BCUT2D eigenvalue weighted by Crippen LogP contribution is -2.08. The van der Waals surface area contributed by atoms with Gasteiger partial charge in [-0.05, 0) is 29.0 Å². The van der Waals surface area contributed by atoms with E-state index in [1.54, 1.807) is 0 Å². The number of benzene rings is 2. The Hall–Kier alpha value is -1.08. The maximum absolute atomic E-state index is 3.80. The summed E-state index contributed by atoms with van der Waals surface area (Å²) in [6.45, 7) is 4.53. The second-order valence-electron chi connectivity index (χ2n) is 5.08. The van der Waals surface area contributed by atoms with Crippen LogP contribution >= 0.6 is 15.9 Å². The highest BCUT2D eigenvalue weighted by atomic mass is 79.9. The molecule has 100 valence electrons. The van der Waals surface area contributed by atoms with Crippen molar-refractivity contribution in [2.75, 3.05) is 0 Å². The first-order valence-electron chi connectivity index (χ1n) is 7.01. The van der Waals surface area contributed by atoms with Crippen LogP contribution in [0.2, 0.25) is 0 Å². The molecule has 0 radical (unpaired) electrons. The molecule has 19 heavy (non-hydrogen) atoms. The van der Waals surface area contributed by atoms with Crippen LogP contribution in [0.3, 0.4) is 0 Å². The number of halogens is 1. The normalized spacial score (nSPS) is 14.1. The van der Waals surface area contributed by atoms with E-state index in [0.717, 1.165) is 0 Å². The molecule has 2 aromatic carbocycles. The zero-order valence-corrected chi connectivity index (χ0v) is 13.2. The van der Waals surface area contributed by atoms with E-state index in [2.05, 4.69) is 84.4 Å². The van der Waals surface area contributed by atoms with E-state index in [9.17, 15) is 0 Å². The molecule has 0 aromatic heterocycles. The number of hydrogen-bond donors (Lipinski definition) is 0. The SMILES string of the molecule is CCCC(Br)C(C)c1ccc(-c2ccccc2)cc1. The molecule has 0 N–H and O–H groups in total. The predicted molar refractivity (Wildman–Crippen MR) is 87.9 cm³/mol. The molecule has 0 heterocycles. The van der Waals surface area contributed by atoms with E-state index >= 15 is 0 Å². The average Bonchev–Trinajstić information content (AvgIpc) is 2.48. The molecule has 2 aromatic rings. The summed E-state index contributed by atoms with van der Waals surface area (Å²) in [4.78, 5) is 0.570. The highest BCUT2D eigenvalue weighted by Gasteiger charge is 2.14. The molecule has 2 rings (SSSR count). The third-order valence-corrected chi connectivity index (χ3v) is 4.90. The predicted octanol–water partition coefficient (Wildman–Crippen LogP) is 6.02. The van der Waals surface area contributed by atoms with E-state index in [1.165, 1.54) is 29.5 Å². The molecule has 0 bridgehead atoms. The largest absolute Gasteiger partial charge is 0.0884 e. The summed E-state index contributed by atoms with van der Waals surface area (Å²) >= 11 is 3.80. The second-order valence-corrected chi connectivity index (χ2v) is 6.26. The molecule has 2 atom stereocenters. The fourth-order valence-electron chi connectivity index (χ4n) is 2.34. The van der Waals surface area contributed by atoms with Crippen LogP contribution in [0.4, 0.5) is 0 Å². The van der Waals surface area contributed by atoms with Crippen LogP contribution in [-0.4, -0.2) is 4.83 Å². The monoisotopic (exact) mass is 316 g/mol. The maximum Gasteiger partial charge on any atom is 0.0211 e. The summed E-state index contributed by atoms with van der Waals surface area (Å²) in [6.07, 6.45) is 2.45. The van der Waals surface area contributed by atoms with Crippen molar-refractivity contribution in [3.05, 3.63) is 60.2 Å². The van der Waals surface area contributed by atoms with E-state index in [1.807, 2.05) is 0 Å². The first kappa shape index (κ1) is 14.3. The van der Waals surface area contributed by atoms with E-state index in [-0.39, 0.29) is 0 Å². The molecule has 0 aliphatic rings. The summed E-state index contributed by atoms with van der Waals surface area (Å²) in [6, 6.07) is 19.5. The first-order valence-corrected chi connectivity index (χ1v) is 7.93. The number of rotatable bonds is 5. The lowest BCUT2D eigenvalue weighted by molar-refractivity contribution is 0.651. The Morgan fingerprint density at radius 1 is 0.895 bits per heavy atom. The van der Waals surface area contributed by atoms with Crippen LogP contribution < -0.4 is 0 Å². The summed E-state index contributed by atoms with van der Waals surface area (Å²) in [7, 11) is 0. The van der Waals surface area contributed by atoms with Gasteiger partial charge in [0.25, 0.3) is 0 Å². The fraction of sp³-hybridized carbons (Fsp3) is 0.333. The number of hydrogen-bond acceptors (Lipinski definition) is 0. The van der Waals surface area contributed by atoms with Gasteiger partial charge < -0.3 is 0 Å². The Bertz CT molecular complexity index is 487. The first-order chi connectivity index (χ1) is 9.22. The highest BCUT2D eigenvalue weighted by Crippen LogP contribution is 2.29. The van der Waals surface area contributed by atoms with Crippen LogP contribution in [0.25, 0.3) is 11.1 Å². The minimum Gasteiger partial charge on any atom is -0.0884 e. The molecule has 2 unspecified atom stereocenters. The van der Waals surface area contributed by atoms with Crippen molar-refractivity contribution in [2.24, 2.45) is 0 Å². The van der Waals surface area contributed by atoms with E-state index in [4.69, 9.17) is 0 Å². The molecule has 1 heteroatoms. The quantitative estimate of drug-likeness (QED) is 0.591. The third kappa shape index (κ3) is 3.70. The lowest BCUT2D eigenvalue weighted by atomic mass is 9.93. The van der Waals surface area contributed by atoms with Gasteiger partial charge >= 0.3 is 0 Å². The zero-order chi connectivity index (χ0) is 13.7. The van der Waals surface area contributed by atoms with Crippen molar-refractivity contribution in [3.63, 3.8) is 0 Å². The van der Waals surface area contributed by atoms with Crippen LogP contribution in [0.5, 0.6) is 0 Å². The zero-order valence-electron chi connectivity index (χ0n) is 11.6. The smallest absolute Gasteiger partial charge is 0.0211 e. The van der Waals surface area contributed by atoms with Crippen LogP contribution in [-0.2, 0) is 0 Å². The van der Waals surface area contributed by atoms with Crippen LogP contribution in [0.15, 0.2) is 54.6 Å². The Morgan fingerprint density at radius 3 is 2.05 bits per heavy atom. The summed E-state index contributed by atoms with van der Waals surface area (Å²) in [5.41, 5.74) is 3.99. The molecule has 0 nitrogen and oxygen atoms in total. The van der Waals surface area contributed by atoms with Gasteiger partial charge in [0.2, 0.25) is 0 Å². The summed E-state index contributed by atoms with van der Waals surface area (Å²) < 4.78 is 0. The third-order valence-electron chi connectivity index (χ3n) is 3.65. The Kier molecular flexibility index (Phi) is 5.21. The average molecular weight is 317 g/mol. The molecular weight excluding hydrogens is 296 g/mol. The van der Waals surface area contributed by atoms with Crippen molar-refractivity contribution < 1.29 is 0 Å². The van der Waals surface area contributed by atoms with E-state index in [0.29, 0.717) is 10.7 Å². The van der Waals surface area contributed by atoms with Crippen molar-refractivity contribution >= 4 is 15.9 Å². The van der Waals surface area contributed by atoms with Gasteiger partial charge in [-0.3, -0.25) is 0 Å². The fourth-order valence-corrected chi connectivity index (χ4v) is 3.11. The van der Waals surface area contributed by atoms with Crippen molar-refractivity contribution in [1.82, 2.24) is 0 Å². The second kappa shape index (κ2) is 6.91. The number of alkyl halides is 1. The van der Waals surface area contributed by atoms with Gasteiger partial charge in [0, 0.05) is 4.83 Å². The van der Waals surface area contributed by atoms with Gasteiger partial charge in [-0.25, -0.2) is 0 Å². The Morgan fingerprint density at radius 2 is 1.47 bits per heavy atom. The standard InChI is InChI=1S/C18H21Br/c1-3-7-18(19)14(2)15-10-12-17(13-11-15)16-8-5-4-6-9-16/h4-6,8-14,18H,3,7H2,1-2H3. The van der Waals surface area contributed by atoms with Crippen LogP contribution in [0, 0.1) is 0 Å². The minimum absolute atomic E-state index is 0.560. The van der Waals surface area contributed by atoms with Gasteiger partial charge in [-0.15, -0.1) is 0 Å². The topological polar surface area (TPSA) is 0 Å². The molecule has 0 amide bonds. The van der Waals surface area contributed by atoms with E-state index < -0.39 is 0 Å². The highest BCUT2D eigenvalue weighted by molar-refractivity contribution is 9.09. The van der Waals surface area contributed by atoms with Gasteiger partial charge in [0.05, 0.1) is 0 Å². The molecular formula is C18H21Br. The van der Waals surface area contributed by atoms with Crippen LogP contribution in [0.1, 0.15) is 38.2 Å². The molecule has 0 aliphatic heterocycles. The minimum atomic E-state index is 0.560. The lowest BCUT2D eigenvalue weighted by Gasteiger charge is -2.18. The maximum atomic E-state index is 3.80. The van der Waals surface area contributed by atoms with Crippen molar-refractivity contribution in [3.8, 4) is 11.1 Å². The van der Waals surface area contributed by atoms with Gasteiger partial charge in [-0.1, -0.05) is 90.8 Å². The van der Waals surface area contributed by atoms with Gasteiger partial charge in [0.15, 0.2) is 0 Å². The Labute approximate surface area is 125 Å². The summed E-state index contributed by atoms with van der Waals surface area (Å²) in [5.74, 6) is 0.560. The molecule has 0 aliphatic carbocycles. The van der Waals surface area contributed by atoms with Crippen molar-refractivity contribution in [2.45, 2.75) is 37.4 Å². The molecule has 0 saturated heterocycles. The van der Waals surface area contributed by atoms with Gasteiger partial charge in [0.1, 0.15) is 0 Å². The molecule has 0 fully saturated rings. The molecule has 0 spiro atoms. The van der Waals surface area contributed by atoms with Crippen molar-refractivity contribution in [1.29, 1.82) is 0 Å². The summed E-state index contributed by atoms with van der Waals surface area (Å²) in [5, 5.41) is 0.